The third-order valence-electron chi connectivity index (χ3n) is 10.9. The zero-order valence-corrected chi connectivity index (χ0v) is 29.3. The van der Waals surface area contributed by atoms with E-state index in [1.807, 2.05) is 28.8 Å². The third-order valence-corrected chi connectivity index (χ3v) is 12.1. The summed E-state index contributed by atoms with van der Waals surface area (Å²) < 4.78 is 18.7. The number of allylic oxidation sites excluding steroid dienone is 1. The maximum absolute atomic E-state index is 14.0. The third kappa shape index (κ3) is 6.07. The Morgan fingerprint density at radius 2 is 1.73 bits per heavy atom. The van der Waals surface area contributed by atoms with E-state index < -0.39 is 0 Å². The summed E-state index contributed by atoms with van der Waals surface area (Å²) in [5, 5.41) is 6.32. The Morgan fingerprint density at radius 3 is 2.51 bits per heavy atom. The van der Waals surface area contributed by atoms with Crippen LogP contribution >= 0.6 is 11.9 Å². The fourth-order valence-corrected chi connectivity index (χ4v) is 9.40. The number of aryl methyl sites for hydroxylation is 1. The summed E-state index contributed by atoms with van der Waals surface area (Å²) in [6, 6.07) is 12.6. The molecule has 49 heavy (non-hydrogen) atoms. The maximum Gasteiger partial charge on any atom is 0.261 e. The van der Waals surface area contributed by atoms with Crippen molar-refractivity contribution in [2.24, 2.45) is 7.05 Å². The molecule has 2 aromatic carbocycles. The second kappa shape index (κ2) is 13.7. The number of nitrogens with zero attached hydrogens (tertiary/aromatic N) is 4. The van der Waals surface area contributed by atoms with Gasteiger partial charge in [-0.3, -0.25) is 19.0 Å². The first-order valence-corrected chi connectivity index (χ1v) is 18.8. The molecule has 2 amide bonds. The second-order valence-corrected chi connectivity index (χ2v) is 15.0. The monoisotopic (exact) mass is 679 g/mol. The van der Waals surface area contributed by atoms with Crippen LogP contribution in [0.5, 0.6) is 5.75 Å². The molecule has 2 saturated carbocycles. The minimum atomic E-state index is -0.0480. The minimum absolute atomic E-state index is 0.0263. The highest BCUT2D eigenvalue weighted by atomic mass is 32.2. The Hall–Kier alpha value is -4.02. The first-order valence-electron chi connectivity index (χ1n) is 17.9. The number of carbonyl (C=O) groups is 2. The number of ether oxygens (including phenoxy) is 2. The van der Waals surface area contributed by atoms with Crippen LogP contribution in [-0.4, -0.2) is 69.7 Å². The van der Waals surface area contributed by atoms with Crippen molar-refractivity contribution >= 4 is 46.3 Å². The van der Waals surface area contributed by atoms with E-state index in [-0.39, 0.29) is 11.8 Å². The standard InChI is InChI=1S/C39H45N5O4S/c1-42-36(33(23-40-42)39(46)43-16-18-48-19-17-43)28-20-27-21-29(47-2)13-15-31(27)37-35(25-8-4-3-5-9-25)32-14-12-26(22-34(32)44(37)24-28)38(45)41-49-30-10-6-7-11-30/h12-15,20-23,25,30H,3-11,16-19,24H2,1-2H3,(H,41,45). The largest absolute Gasteiger partial charge is 0.497 e. The Kier molecular flexibility index (Phi) is 9.01. The number of rotatable bonds is 7. The summed E-state index contributed by atoms with van der Waals surface area (Å²) >= 11 is 1.58. The number of amides is 2. The molecule has 9 nitrogen and oxygen atoms in total. The molecule has 10 heteroatoms. The van der Waals surface area contributed by atoms with Gasteiger partial charge in [-0.1, -0.05) is 38.2 Å². The van der Waals surface area contributed by atoms with Gasteiger partial charge in [-0.05, 0) is 96.7 Å². The molecule has 4 aromatic rings. The van der Waals surface area contributed by atoms with Gasteiger partial charge < -0.3 is 18.9 Å². The predicted octanol–water partition coefficient (Wildman–Crippen LogP) is 7.45. The zero-order valence-electron chi connectivity index (χ0n) is 28.5. The molecule has 1 N–H and O–H groups in total. The molecule has 2 aromatic heterocycles. The molecular formula is C39H45N5O4S. The topological polar surface area (TPSA) is 90.6 Å². The molecule has 0 bridgehead atoms. The SMILES string of the molecule is COc1ccc2c(c1)C=C(c1c(C(=O)N3CCOCC3)cnn1C)Cn1c-2c(C2CCCCC2)c2ccc(C(=O)NSC3CCCC3)cc21. The Morgan fingerprint density at radius 1 is 0.959 bits per heavy atom. The van der Waals surface area contributed by atoms with Gasteiger partial charge >= 0.3 is 0 Å². The number of benzene rings is 2. The summed E-state index contributed by atoms with van der Waals surface area (Å²) in [7, 11) is 3.61. The highest BCUT2D eigenvalue weighted by Crippen LogP contribution is 2.48. The lowest BCUT2D eigenvalue weighted by Gasteiger charge is -2.27. The highest BCUT2D eigenvalue weighted by molar-refractivity contribution is 7.98. The molecule has 0 atom stereocenters. The van der Waals surface area contributed by atoms with Crippen LogP contribution in [0.25, 0.3) is 33.8 Å². The average molecular weight is 680 g/mol. The number of carbonyl (C=O) groups excluding carboxylic acids is 2. The molecule has 256 valence electrons. The maximum atomic E-state index is 14.0. The molecule has 0 spiro atoms. The van der Waals surface area contributed by atoms with E-state index in [1.54, 1.807) is 25.3 Å². The number of fused-ring (bicyclic) bond motifs is 5. The lowest BCUT2D eigenvalue weighted by atomic mass is 9.81. The Balaban J connectivity index is 1.29. The van der Waals surface area contributed by atoms with Gasteiger partial charge in [0.05, 0.1) is 50.0 Å². The molecule has 1 saturated heterocycles. The first kappa shape index (κ1) is 32.2. The van der Waals surface area contributed by atoms with E-state index >= 15 is 0 Å². The normalized spacial score (nSPS) is 18.6. The van der Waals surface area contributed by atoms with E-state index in [1.165, 1.54) is 48.7 Å². The quantitative estimate of drug-likeness (QED) is 0.204. The lowest BCUT2D eigenvalue weighted by molar-refractivity contribution is 0.0302. The van der Waals surface area contributed by atoms with Gasteiger partial charge in [-0.2, -0.15) is 5.10 Å². The fraction of sp³-hybridized carbons (Fsp3) is 0.462. The van der Waals surface area contributed by atoms with E-state index in [0.717, 1.165) is 59.3 Å². The van der Waals surface area contributed by atoms with Crippen LogP contribution < -0.4 is 9.46 Å². The van der Waals surface area contributed by atoms with E-state index in [2.05, 4.69) is 44.7 Å². The molecule has 4 heterocycles. The van der Waals surface area contributed by atoms with Gasteiger partial charge in [0, 0.05) is 47.4 Å². The number of aromatic nitrogens is 3. The summed E-state index contributed by atoms with van der Waals surface area (Å²) in [6.07, 6.45) is 14.7. The predicted molar refractivity (Wildman–Crippen MR) is 195 cm³/mol. The first-order chi connectivity index (χ1) is 24.0. The number of methoxy groups -OCH3 is 1. The summed E-state index contributed by atoms with van der Waals surface area (Å²) in [5.74, 6) is 1.14. The van der Waals surface area contributed by atoms with Crippen molar-refractivity contribution in [2.45, 2.75) is 75.5 Å². The molecule has 0 unspecified atom stereocenters. The van der Waals surface area contributed by atoms with Crippen LogP contribution in [0, 0.1) is 0 Å². The van der Waals surface area contributed by atoms with E-state index in [9.17, 15) is 9.59 Å². The van der Waals surface area contributed by atoms with Crippen molar-refractivity contribution < 1.29 is 19.1 Å². The molecule has 3 fully saturated rings. The number of hydrogen-bond acceptors (Lipinski definition) is 6. The number of hydrogen-bond donors (Lipinski definition) is 1. The van der Waals surface area contributed by atoms with E-state index in [0.29, 0.717) is 55.1 Å². The molecular weight excluding hydrogens is 635 g/mol. The van der Waals surface area contributed by atoms with Crippen molar-refractivity contribution in [3.63, 3.8) is 0 Å². The second-order valence-electron chi connectivity index (χ2n) is 13.9. The van der Waals surface area contributed by atoms with Gasteiger partial charge in [0.1, 0.15) is 5.75 Å². The molecule has 4 aliphatic rings. The van der Waals surface area contributed by atoms with Crippen molar-refractivity contribution in [3.8, 4) is 17.0 Å². The van der Waals surface area contributed by atoms with Gasteiger partial charge in [-0.25, -0.2) is 0 Å². The van der Waals surface area contributed by atoms with Crippen molar-refractivity contribution in [2.75, 3.05) is 33.4 Å². The van der Waals surface area contributed by atoms with Crippen LogP contribution in [0.15, 0.2) is 42.6 Å². The number of nitrogens with one attached hydrogen (secondary N) is 1. The van der Waals surface area contributed by atoms with Gasteiger partial charge in [0.15, 0.2) is 0 Å². The highest BCUT2D eigenvalue weighted by Gasteiger charge is 2.32. The van der Waals surface area contributed by atoms with Gasteiger partial charge in [0.2, 0.25) is 0 Å². The van der Waals surface area contributed by atoms with Crippen molar-refractivity contribution in [1.29, 1.82) is 0 Å². The van der Waals surface area contributed by atoms with Crippen molar-refractivity contribution in [1.82, 2.24) is 24.0 Å². The van der Waals surface area contributed by atoms with E-state index in [4.69, 9.17) is 9.47 Å². The lowest BCUT2D eigenvalue weighted by Crippen LogP contribution is -2.40. The molecule has 0 radical (unpaired) electrons. The molecule has 2 aliphatic heterocycles. The number of morpholine rings is 1. The summed E-state index contributed by atoms with van der Waals surface area (Å²) in [4.78, 5) is 29.4. The van der Waals surface area contributed by atoms with Crippen LogP contribution in [0.1, 0.15) is 101 Å². The Bertz CT molecular complexity index is 1920. The summed E-state index contributed by atoms with van der Waals surface area (Å²) in [5.41, 5.74) is 8.86. The average Bonchev–Trinajstić information content (AvgIpc) is 3.86. The van der Waals surface area contributed by atoms with Gasteiger partial charge in [-0.15, -0.1) is 0 Å². The van der Waals surface area contributed by atoms with Crippen LogP contribution in [-0.2, 0) is 18.3 Å². The minimum Gasteiger partial charge on any atom is -0.497 e. The summed E-state index contributed by atoms with van der Waals surface area (Å²) in [6.45, 7) is 2.73. The van der Waals surface area contributed by atoms with Gasteiger partial charge in [0.25, 0.3) is 11.8 Å². The molecule has 2 aliphatic carbocycles. The van der Waals surface area contributed by atoms with Crippen LogP contribution in [0.3, 0.4) is 0 Å². The fourth-order valence-electron chi connectivity index (χ4n) is 8.44. The van der Waals surface area contributed by atoms with Crippen molar-refractivity contribution in [3.05, 3.63) is 70.5 Å². The Labute approximate surface area is 292 Å². The smallest absolute Gasteiger partial charge is 0.261 e. The zero-order chi connectivity index (χ0) is 33.5. The molecule has 8 rings (SSSR count). The van der Waals surface area contributed by atoms with Crippen LogP contribution in [0.4, 0.5) is 0 Å². The van der Waals surface area contributed by atoms with Crippen LogP contribution in [0.2, 0.25) is 0 Å².